The van der Waals surface area contributed by atoms with E-state index in [1.165, 1.54) is 6.20 Å². The predicted octanol–water partition coefficient (Wildman–Crippen LogP) is -0.935. The molecule has 2 unspecified atom stereocenters. The maximum Gasteiger partial charge on any atom is 0.332 e. The average molecular weight is 255 g/mol. The van der Waals surface area contributed by atoms with Crippen LogP contribution in [0.25, 0.3) is 0 Å². The summed E-state index contributed by atoms with van der Waals surface area (Å²) in [4.78, 5) is 37.6. The Bertz CT molecular complexity index is 506. The van der Waals surface area contributed by atoms with Gasteiger partial charge in [0.1, 0.15) is 5.69 Å². The van der Waals surface area contributed by atoms with Crippen LogP contribution in [0.15, 0.2) is 11.0 Å². The maximum absolute atomic E-state index is 11.6. The van der Waals surface area contributed by atoms with Gasteiger partial charge in [-0.2, -0.15) is 0 Å². The molecule has 0 saturated carbocycles. The van der Waals surface area contributed by atoms with Gasteiger partial charge in [-0.3, -0.25) is 4.79 Å². The number of H-pyrrole nitrogens is 2. The van der Waals surface area contributed by atoms with Gasteiger partial charge in [0.25, 0.3) is 5.91 Å². The zero-order valence-electron chi connectivity index (χ0n) is 9.43. The number of rotatable bonds is 4. The van der Waals surface area contributed by atoms with Crippen LogP contribution in [0.5, 0.6) is 0 Å². The minimum Gasteiger partial charge on any atom is -0.479 e. The molecule has 4 N–H and O–H groups in total. The molecule has 1 amide bonds. The van der Waals surface area contributed by atoms with E-state index < -0.39 is 23.7 Å². The third-order valence-corrected chi connectivity index (χ3v) is 2.71. The second-order valence-corrected chi connectivity index (χ2v) is 4.03. The fourth-order valence-corrected chi connectivity index (χ4v) is 1.79. The molecule has 1 aromatic heterocycles. The number of amides is 1. The van der Waals surface area contributed by atoms with Gasteiger partial charge in [-0.05, 0) is 12.8 Å². The van der Waals surface area contributed by atoms with Crippen molar-refractivity contribution in [2.45, 2.75) is 25.0 Å². The van der Waals surface area contributed by atoms with Crippen molar-refractivity contribution in [1.29, 1.82) is 0 Å². The van der Waals surface area contributed by atoms with E-state index in [-0.39, 0.29) is 18.3 Å². The van der Waals surface area contributed by atoms with Crippen LogP contribution in [-0.2, 0) is 9.53 Å². The highest BCUT2D eigenvalue weighted by atomic mass is 16.5. The van der Waals surface area contributed by atoms with Gasteiger partial charge in [-0.15, -0.1) is 0 Å². The monoisotopic (exact) mass is 255 g/mol. The fourth-order valence-electron chi connectivity index (χ4n) is 1.79. The van der Waals surface area contributed by atoms with Gasteiger partial charge in [0.15, 0.2) is 6.10 Å². The molecule has 1 aromatic rings. The van der Waals surface area contributed by atoms with Crippen molar-refractivity contribution in [2.24, 2.45) is 0 Å². The minimum absolute atomic E-state index is 0.132. The van der Waals surface area contributed by atoms with Crippen molar-refractivity contribution >= 4 is 11.9 Å². The third kappa shape index (κ3) is 2.77. The van der Waals surface area contributed by atoms with Gasteiger partial charge in [-0.25, -0.2) is 9.59 Å². The average Bonchev–Trinajstić information content (AvgIpc) is 2.94. The highest BCUT2D eigenvalue weighted by Gasteiger charge is 2.30. The summed E-state index contributed by atoms with van der Waals surface area (Å²) < 4.78 is 5.22. The maximum atomic E-state index is 11.6. The molecule has 2 heterocycles. The summed E-state index contributed by atoms with van der Waals surface area (Å²) in [5.41, 5.74) is -0.323. The number of aliphatic carboxylic acids is 1. The van der Waals surface area contributed by atoms with Crippen molar-refractivity contribution in [3.63, 3.8) is 0 Å². The van der Waals surface area contributed by atoms with Crippen LogP contribution in [0.1, 0.15) is 23.3 Å². The molecule has 2 rings (SSSR count). The molecule has 1 aliphatic rings. The number of aromatic amines is 2. The lowest BCUT2D eigenvalue weighted by molar-refractivity contribution is -0.149. The number of hydrogen-bond acceptors (Lipinski definition) is 4. The quantitative estimate of drug-likeness (QED) is 0.553. The van der Waals surface area contributed by atoms with E-state index in [0.717, 1.165) is 0 Å². The molecule has 0 aliphatic carbocycles. The van der Waals surface area contributed by atoms with Crippen molar-refractivity contribution in [3.05, 3.63) is 22.4 Å². The first kappa shape index (κ1) is 12.4. The Kier molecular flexibility index (Phi) is 3.47. The van der Waals surface area contributed by atoms with Crippen LogP contribution in [0.2, 0.25) is 0 Å². The second-order valence-electron chi connectivity index (χ2n) is 4.03. The number of nitrogens with one attached hydrogen (secondary N) is 3. The number of carboxylic acids is 1. The van der Waals surface area contributed by atoms with Crippen LogP contribution in [0, 0.1) is 0 Å². The molecule has 2 atom stereocenters. The smallest absolute Gasteiger partial charge is 0.332 e. The summed E-state index contributed by atoms with van der Waals surface area (Å²) in [6, 6.07) is 0. The number of aromatic nitrogens is 2. The summed E-state index contributed by atoms with van der Waals surface area (Å²) in [6.07, 6.45) is 1.20. The van der Waals surface area contributed by atoms with E-state index in [1.807, 2.05) is 0 Å². The van der Waals surface area contributed by atoms with Gasteiger partial charge in [0.2, 0.25) is 0 Å². The summed E-state index contributed by atoms with van der Waals surface area (Å²) >= 11 is 0. The number of hydrogen-bond donors (Lipinski definition) is 4. The zero-order chi connectivity index (χ0) is 13.1. The molecule has 0 aromatic carbocycles. The summed E-state index contributed by atoms with van der Waals surface area (Å²) in [7, 11) is 0. The Labute approximate surface area is 101 Å². The normalized spacial score (nSPS) is 22.9. The Hall–Kier alpha value is -2.09. The van der Waals surface area contributed by atoms with Crippen LogP contribution in [-0.4, -0.2) is 45.7 Å². The predicted molar refractivity (Wildman–Crippen MR) is 59.3 cm³/mol. The molecule has 18 heavy (non-hydrogen) atoms. The lowest BCUT2D eigenvalue weighted by atomic mass is 10.2. The van der Waals surface area contributed by atoms with Crippen molar-refractivity contribution in [1.82, 2.24) is 15.3 Å². The van der Waals surface area contributed by atoms with E-state index in [1.54, 1.807) is 0 Å². The van der Waals surface area contributed by atoms with Gasteiger partial charge < -0.3 is 25.1 Å². The molecule has 8 heteroatoms. The van der Waals surface area contributed by atoms with E-state index in [0.29, 0.717) is 12.8 Å². The molecule has 1 saturated heterocycles. The van der Waals surface area contributed by atoms with Crippen LogP contribution < -0.4 is 11.0 Å². The number of carboxylic acid groups (broad SMARTS) is 1. The number of ether oxygens (including phenoxy) is 1. The first-order valence-electron chi connectivity index (χ1n) is 5.50. The van der Waals surface area contributed by atoms with E-state index >= 15 is 0 Å². The minimum atomic E-state index is -0.987. The van der Waals surface area contributed by atoms with E-state index in [4.69, 9.17) is 9.84 Å². The highest BCUT2D eigenvalue weighted by Crippen LogP contribution is 2.19. The summed E-state index contributed by atoms with van der Waals surface area (Å²) in [5.74, 6) is -1.42. The molecular formula is C10H13N3O5. The number of imidazole rings is 1. The summed E-state index contributed by atoms with van der Waals surface area (Å²) in [5, 5.41) is 11.3. The molecule has 8 nitrogen and oxygen atoms in total. The van der Waals surface area contributed by atoms with Crippen molar-refractivity contribution in [2.75, 3.05) is 6.54 Å². The lowest BCUT2D eigenvalue weighted by Crippen LogP contribution is -2.33. The van der Waals surface area contributed by atoms with Crippen molar-refractivity contribution in [3.8, 4) is 0 Å². The molecule has 98 valence electrons. The Morgan fingerprint density at radius 3 is 2.83 bits per heavy atom. The molecule has 0 spiro atoms. The Balaban J connectivity index is 1.81. The van der Waals surface area contributed by atoms with Crippen LogP contribution in [0.3, 0.4) is 0 Å². The first-order valence-corrected chi connectivity index (χ1v) is 5.50. The second kappa shape index (κ2) is 5.05. The Morgan fingerprint density at radius 1 is 1.50 bits per heavy atom. The largest absolute Gasteiger partial charge is 0.479 e. The van der Waals surface area contributed by atoms with Crippen molar-refractivity contribution < 1.29 is 19.4 Å². The molecule has 1 fully saturated rings. The van der Waals surface area contributed by atoms with Crippen LogP contribution >= 0.6 is 0 Å². The van der Waals surface area contributed by atoms with E-state index in [2.05, 4.69) is 15.3 Å². The molecular weight excluding hydrogens is 242 g/mol. The SMILES string of the molecule is O=C(NCC1CCC(C(=O)O)O1)c1c[nH]c(=O)[nH]1. The third-order valence-electron chi connectivity index (χ3n) is 2.71. The lowest BCUT2D eigenvalue weighted by Gasteiger charge is -2.11. The topological polar surface area (TPSA) is 124 Å². The standard InChI is InChI=1S/C10H13N3O5/c14-8(6-4-12-10(17)13-6)11-3-5-1-2-7(18-5)9(15)16/h4-5,7H,1-3H2,(H,11,14)(H,15,16)(H2,12,13,17). The fraction of sp³-hybridized carbons (Fsp3) is 0.500. The summed E-state index contributed by atoms with van der Waals surface area (Å²) in [6.45, 7) is 0.218. The number of carbonyl (C=O) groups excluding carboxylic acids is 1. The van der Waals surface area contributed by atoms with Gasteiger partial charge >= 0.3 is 11.7 Å². The molecule has 0 radical (unpaired) electrons. The Morgan fingerprint density at radius 2 is 2.28 bits per heavy atom. The zero-order valence-corrected chi connectivity index (χ0v) is 9.43. The highest BCUT2D eigenvalue weighted by molar-refractivity contribution is 5.91. The van der Waals surface area contributed by atoms with Gasteiger partial charge in [0.05, 0.1) is 6.10 Å². The van der Waals surface area contributed by atoms with E-state index in [9.17, 15) is 14.4 Å². The number of carbonyl (C=O) groups is 2. The molecule has 0 bridgehead atoms. The van der Waals surface area contributed by atoms with Crippen LogP contribution in [0.4, 0.5) is 0 Å². The van der Waals surface area contributed by atoms with Gasteiger partial charge in [0, 0.05) is 12.7 Å². The first-order chi connectivity index (χ1) is 8.56. The van der Waals surface area contributed by atoms with Gasteiger partial charge in [-0.1, -0.05) is 0 Å². The molecule has 1 aliphatic heterocycles.